The summed E-state index contributed by atoms with van der Waals surface area (Å²) in [6, 6.07) is 8.16. The number of benzene rings is 1. The molecular weight excluding hydrogens is 264 g/mol. The van der Waals surface area contributed by atoms with Gasteiger partial charge in [0.1, 0.15) is 6.10 Å². The van der Waals surface area contributed by atoms with Gasteiger partial charge < -0.3 is 15.2 Å². The molecule has 0 bridgehead atoms. The molecule has 1 aromatic carbocycles. The Balaban J connectivity index is 1.92. The number of aromatic nitrogens is 1. The van der Waals surface area contributed by atoms with E-state index in [1.165, 1.54) is 5.56 Å². The summed E-state index contributed by atoms with van der Waals surface area (Å²) in [4.78, 5) is 4.35. The lowest BCUT2D eigenvalue weighted by atomic mass is 9.96. The molecule has 2 N–H and O–H groups in total. The first kappa shape index (κ1) is 13.9. The Kier molecular flexibility index (Phi) is 3.80. The highest BCUT2D eigenvalue weighted by atomic mass is 16.5. The second-order valence-corrected chi connectivity index (χ2v) is 5.37. The molecular formula is C17H20N2O2. The van der Waals surface area contributed by atoms with E-state index in [1.807, 2.05) is 25.3 Å². The van der Waals surface area contributed by atoms with Crippen LogP contribution in [0, 0.1) is 6.92 Å². The van der Waals surface area contributed by atoms with Crippen molar-refractivity contribution in [1.29, 1.82) is 0 Å². The first-order valence-corrected chi connectivity index (χ1v) is 7.20. The predicted molar refractivity (Wildman–Crippen MR) is 81.5 cm³/mol. The molecule has 1 atom stereocenters. The van der Waals surface area contributed by atoms with E-state index in [0.717, 1.165) is 41.2 Å². The van der Waals surface area contributed by atoms with Crippen LogP contribution in [0.15, 0.2) is 30.5 Å². The van der Waals surface area contributed by atoms with Gasteiger partial charge in [0.25, 0.3) is 0 Å². The number of hydrogen-bond acceptors (Lipinski definition) is 4. The Morgan fingerprint density at radius 2 is 2.24 bits per heavy atom. The highest BCUT2D eigenvalue weighted by Crippen LogP contribution is 2.41. The standard InChI is InChI=1S/C17H20N2O2/c1-11-3-4-14(10-19-11)15-6-5-13-7-12(9-18)8-16(20-2)17(13)21-15/h3-4,7-8,10,15H,5-6,9,18H2,1-2H3. The number of methoxy groups -OCH3 is 1. The van der Waals surface area contributed by atoms with E-state index in [4.69, 9.17) is 15.2 Å². The zero-order valence-corrected chi connectivity index (χ0v) is 12.4. The molecule has 3 rings (SSSR count). The highest BCUT2D eigenvalue weighted by Gasteiger charge is 2.25. The minimum absolute atomic E-state index is 0.0308. The molecule has 110 valence electrons. The SMILES string of the molecule is COc1cc(CN)cc2c1OC(c1ccc(C)nc1)CC2. The third kappa shape index (κ3) is 2.72. The van der Waals surface area contributed by atoms with Crippen molar-refractivity contribution in [1.82, 2.24) is 4.98 Å². The van der Waals surface area contributed by atoms with Crippen LogP contribution < -0.4 is 15.2 Å². The molecule has 2 heterocycles. The van der Waals surface area contributed by atoms with Crippen LogP contribution in [0.25, 0.3) is 0 Å². The van der Waals surface area contributed by atoms with Gasteiger partial charge in [-0.2, -0.15) is 0 Å². The fourth-order valence-corrected chi connectivity index (χ4v) is 2.70. The van der Waals surface area contributed by atoms with E-state index in [0.29, 0.717) is 6.54 Å². The molecule has 2 aromatic rings. The quantitative estimate of drug-likeness (QED) is 0.941. The number of rotatable bonds is 3. The van der Waals surface area contributed by atoms with Crippen molar-refractivity contribution in [2.24, 2.45) is 5.73 Å². The maximum absolute atomic E-state index is 6.17. The first-order valence-electron chi connectivity index (χ1n) is 7.20. The Morgan fingerprint density at radius 3 is 2.90 bits per heavy atom. The molecule has 0 spiro atoms. The van der Waals surface area contributed by atoms with E-state index < -0.39 is 0 Å². The van der Waals surface area contributed by atoms with Gasteiger partial charge in [0, 0.05) is 24.0 Å². The van der Waals surface area contributed by atoms with Crippen LogP contribution >= 0.6 is 0 Å². The molecule has 0 radical (unpaired) electrons. The number of hydrogen-bond donors (Lipinski definition) is 1. The van der Waals surface area contributed by atoms with Crippen LogP contribution in [0.5, 0.6) is 11.5 Å². The zero-order valence-electron chi connectivity index (χ0n) is 12.4. The van der Waals surface area contributed by atoms with Crippen molar-refractivity contribution in [2.75, 3.05) is 7.11 Å². The van der Waals surface area contributed by atoms with Crippen molar-refractivity contribution in [3.8, 4) is 11.5 Å². The van der Waals surface area contributed by atoms with Gasteiger partial charge in [0.15, 0.2) is 11.5 Å². The largest absolute Gasteiger partial charge is 0.493 e. The molecule has 0 fully saturated rings. The molecule has 4 nitrogen and oxygen atoms in total. The summed E-state index contributed by atoms with van der Waals surface area (Å²) in [7, 11) is 1.66. The van der Waals surface area contributed by atoms with Gasteiger partial charge in [-0.1, -0.05) is 12.1 Å². The van der Waals surface area contributed by atoms with Gasteiger partial charge >= 0.3 is 0 Å². The van der Waals surface area contributed by atoms with E-state index in [1.54, 1.807) is 7.11 Å². The van der Waals surface area contributed by atoms with Crippen molar-refractivity contribution < 1.29 is 9.47 Å². The number of pyridine rings is 1. The van der Waals surface area contributed by atoms with Crippen LogP contribution in [-0.4, -0.2) is 12.1 Å². The topological polar surface area (TPSA) is 57.4 Å². The van der Waals surface area contributed by atoms with Crippen LogP contribution in [0.4, 0.5) is 0 Å². The molecule has 1 aliphatic rings. The number of fused-ring (bicyclic) bond motifs is 1. The van der Waals surface area contributed by atoms with Gasteiger partial charge in [-0.05, 0) is 43.0 Å². The van der Waals surface area contributed by atoms with Gasteiger partial charge in [-0.25, -0.2) is 0 Å². The van der Waals surface area contributed by atoms with Crippen LogP contribution in [0.2, 0.25) is 0 Å². The van der Waals surface area contributed by atoms with Crippen LogP contribution in [0.1, 0.15) is 34.9 Å². The van der Waals surface area contributed by atoms with Gasteiger partial charge in [0.2, 0.25) is 0 Å². The zero-order chi connectivity index (χ0) is 14.8. The summed E-state index contributed by atoms with van der Waals surface area (Å²) in [6.07, 6.45) is 3.82. The van der Waals surface area contributed by atoms with Crippen molar-refractivity contribution in [3.05, 3.63) is 52.8 Å². The van der Waals surface area contributed by atoms with Gasteiger partial charge in [-0.15, -0.1) is 0 Å². The third-order valence-electron chi connectivity index (χ3n) is 3.89. The molecule has 0 saturated heterocycles. The molecule has 0 amide bonds. The normalized spacial score (nSPS) is 17.0. The Hall–Kier alpha value is -2.07. The Morgan fingerprint density at radius 1 is 1.38 bits per heavy atom. The average Bonchev–Trinajstić information content (AvgIpc) is 2.54. The van der Waals surface area contributed by atoms with E-state index in [2.05, 4.69) is 17.1 Å². The summed E-state index contributed by atoms with van der Waals surface area (Å²) in [5, 5.41) is 0. The summed E-state index contributed by atoms with van der Waals surface area (Å²) in [5.41, 5.74) is 10.1. The molecule has 0 aliphatic carbocycles. The lowest BCUT2D eigenvalue weighted by Crippen LogP contribution is -2.16. The fraction of sp³-hybridized carbons (Fsp3) is 0.353. The number of aryl methyl sites for hydroxylation is 2. The molecule has 0 saturated carbocycles. The lowest BCUT2D eigenvalue weighted by Gasteiger charge is -2.28. The Labute approximate surface area is 124 Å². The maximum atomic E-state index is 6.17. The molecule has 1 aromatic heterocycles. The predicted octanol–water partition coefficient (Wildman–Crippen LogP) is 2.92. The Bertz CT molecular complexity index is 621. The van der Waals surface area contributed by atoms with Crippen molar-refractivity contribution >= 4 is 0 Å². The fourth-order valence-electron chi connectivity index (χ4n) is 2.70. The molecule has 1 unspecified atom stereocenters. The van der Waals surface area contributed by atoms with E-state index in [-0.39, 0.29) is 6.10 Å². The summed E-state index contributed by atoms with van der Waals surface area (Å²) in [5.74, 6) is 1.60. The van der Waals surface area contributed by atoms with Gasteiger partial charge in [0.05, 0.1) is 7.11 Å². The first-order chi connectivity index (χ1) is 10.2. The monoisotopic (exact) mass is 284 g/mol. The second-order valence-electron chi connectivity index (χ2n) is 5.37. The summed E-state index contributed by atoms with van der Waals surface area (Å²) >= 11 is 0. The van der Waals surface area contributed by atoms with Crippen molar-refractivity contribution in [3.63, 3.8) is 0 Å². The molecule has 21 heavy (non-hydrogen) atoms. The lowest BCUT2D eigenvalue weighted by molar-refractivity contribution is 0.168. The number of nitrogens with zero attached hydrogens (tertiary/aromatic N) is 1. The maximum Gasteiger partial charge on any atom is 0.165 e. The minimum atomic E-state index is 0.0308. The summed E-state index contributed by atoms with van der Waals surface area (Å²) < 4.78 is 11.6. The smallest absolute Gasteiger partial charge is 0.165 e. The summed E-state index contributed by atoms with van der Waals surface area (Å²) in [6.45, 7) is 2.49. The van der Waals surface area contributed by atoms with E-state index in [9.17, 15) is 0 Å². The van der Waals surface area contributed by atoms with E-state index >= 15 is 0 Å². The van der Waals surface area contributed by atoms with Crippen molar-refractivity contribution in [2.45, 2.75) is 32.4 Å². The number of nitrogens with two attached hydrogens (primary N) is 1. The highest BCUT2D eigenvalue weighted by molar-refractivity contribution is 5.51. The second kappa shape index (κ2) is 5.74. The van der Waals surface area contributed by atoms with Gasteiger partial charge in [-0.3, -0.25) is 4.98 Å². The minimum Gasteiger partial charge on any atom is -0.493 e. The average molecular weight is 284 g/mol. The third-order valence-corrected chi connectivity index (χ3v) is 3.89. The molecule has 1 aliphatic heterocycles. The van der Waals surface area contributed by atoms with Crippen LogP contribution in [-0.2, 0) is 13.0 Å². The van der Waals surface area contributed by atoms with Crippen LogP contribution in [0.3, 0.4) is 0 Å². The molecule has 4 heteroatoms. The number of ether oxygens (including phenoxy) is 2.